The fourth-order valence-electron chi connectivity index (χ4n) is 5.72. The molecule has 0 aliphatic carbocycles. The van der Waals surface area contributed by atoms with Crippen LogP contribution in [0, 0.1) is 0 Å². The molecule has 0 heterocycles. The van der Waals surface area contributed by atoms with Crippen LogP contribution in [0.2, 0.25) is 0 Å². The zero-order valence-electron chi connectivity index (χ0n) is 26.6. The minimum atomic E-state index is 0. The average molecular weight is 621 g/mol. The third-order valence-corrected chi connectivity index (χ3v) is 8.48. The van der Waals surface area contributed by atoms with E-state index in [0.717, 1.165) is 5.56 Å². The van der Waals surface area contributed by atoms with Crippen LogP contribution in [0.25, 0.3) is 22.3 Å². The number of rotatable bonds is 9. The standard InChI is InChI=1S/C37H50S2.Cu/c1-20(2)26-16-30(22(5)6)34(31(17-26)23(7)8)28-14-13-15-29(36(28)37(38)39)35-32(24(9)10)18-27(21(3)4)19-33(35)25(11)12;/h13-25H,1-12H3,(H,38,39);/q;+1/p-1. The molecule has 0 bridgehead atoms. The summed E-state index contributed by atoms with van der Waals surface area (Å²) in [5, 5.41) is 0. The second kappa shape index (κ2) is 14.1. The van der Waals surface area contributed by atoms with Gasteiger partial charge in [-0.05, 0) is 96.7 Å². The normalized spacial score (nSPS) is 11.8. The van der Waals surface area contributed by atoms with E-state index in [2.05, 4.69) is 126 Å². The second-order valence-corrected chi connectivity index (χ2v) is 14.2. The van der Waals surface area contributed by atoms with Crippen molar-refractivity contribution in [3.8, 4) is 22.3 Å². The molecule has 0 aliphatic rings. The molecule has 0 amide bonds. The van der Waals surface area contributed by atoms with E-state index in [-0.39, 0.29) is 17.1 Å². The third kappa shape index (κ3) is 7.09. The molecule has 0 N–H and O–H groups in total. The zero-order chi connectivity index (χ0) is 29.3. The van der Waals surface area contributed by atoms with Gasteiger partial charge in [-0.3, -0.25) is 0 Å². The molecule has 3 aromatic rings. The molecule has 0 atom stereocenters. The van der Waals surface area contributed by atoms with Crippen LogP contribution in [0.4, 0.5) is 0 Å². The predicted octanol–water partition coefficient (Wildman–Crippen LogP) is 12.0. The fourth-order valence-corrected chi connectivity index (χ4v) is 6.16. The number of thiocarbonyl (C=S) groups is 1. The topological polar surface area (TPSA) is 0 Å². The van der Waals surface area contributed by atoms with Crippen molar-refractivity contribution in [2.45, 2.75) is 119 Å². The van der Waals surface area contributed by atoms with E-state index in [1.165, 1.54) is 55.6 Å². The molecule has 0 spiro atoms. The average Bonchev–Trinajstić information content (AvgIpc) is 2.86. The Bertz CT molecular complexity index is 1190. The maximum atomic E-state index is 5.92. The van der Waals surface area contributed by atoms with E-state index in [9.17, 15) is 0 Å². The molecule has 3 aromatic carbocycles. The first-order chi connectivity index (χ1) is 18.2. The van der Waals surface area contributed by atoms with Gasteiger partial charge in [0.1, 0.15) is 0 Å². The Morgan fingerprint density at radius 3 is 1.00 bits per heavy atom. The van der Waals surface area contributed by atoms with Crippen LogP contribution >= 0.6 is 12.2 Å². The van der Waals surface area contributed by atoms with Crippen molar-refractivity contribution in [3.63, 3.8) is 0 Å². The molecule has 0 aromatic heterocycles. The van der Waals surface area contributed by atoms with Crippen molar-refractivity contribution in [1.29, 1.82) is 0 Å². The van der Waals surface area contributed by atoms with Gasteiger partial charge in [-0.2, -0.15) is 0 Å². The molecule has 0 radical (unpaired) electrons. The van der Waals surface area contributed by atoms with Gasteiger partial charge in [0.05, 0.1) is 0 Å². The van der Waals surface area contributed by atoms with Gasteiger partial charge in [0.15, 0.2) is 0 Å². The summed E-state index contributed by atoms with van der Waals surface area (Å²) < 4.78 is 0.551. The van der Waals surface area contributed by atoms with Gasteiger partial charge < -0.3 is 24.8 Å². The van der Waals surface area contributed by atoms with Crippen molar-refractivity contribution < 1.29 is 17.1 Å². The molecule has 0 unspecified atom stereocenters. The maximum absolute atomic E-state index is 5.92. The van der Waals surface area contributed by atoms with E-state index in [1.807, 2.05) is 0 Å². The molecule has 40 heavy (non-hydrogen) atoms. The Morgan fingerprint density at radius 2 is 0.800 bits per heavy atom. The molecular weight excluding hydrogens is 572 g/mol. The van der Waals surface area contributed by atoms with Crippen LogP contribution in [0.15, 0.2) is 42.5 Å². The number of hydrogen-bond donors (Lipinski definition) is 0. The van der Waals surface area contributed by atoms with E-state index in [1.54, 1.807) is 0 Å². The molecular formula is C37H49CuS2. The Morgan fingerprint density at radius 1 is 0.525 bits per heavy atom. The van der Waals surface area contributed by atoms with E-state index in [0.29, 0.717) is 39.7 Å². The molecule has 0 aliphatic heterocycles. The van der Waals surface area contributed by atoms with E-state index < -0.39 is 0 Å². The van der Waals surface area contributed by atoms with Gasteiger partial charge in [-0.25, -0.2) is 0 Å². The van der Waals surface area contributed by atoms with Crippen molar-refractivity contribution in [3.05, 3.63) is 81.4 Å². The van der Waals surface area contributed by atoms with Gasteiger partial charge in [0.25, 0.3) is 0 Å². The quantitative estimate of drug-likeness (QED) is 0.132. The van der Waals surface area contributed by atoms with Crippen molar-refractivity contribution in [2.24, 2.45) is 0 Å². The maximum Gasteiger partial charge on any atom is 1.00 e. The Hall–Kier alpha value is -1.51. The first-order valence-corrected chi connectivity index (χ1v) is 15.7. The van der Waals surface area contributed by atoms with Crippen LogP contribution in [0.5, 0.6) is 0 Å². The second-order valence-electron chi connectivity index (χ2n) is 13.1. The summed E-state index contributed by atoms with van der Waals surface area (Å²) >= 11 is 11.8. The Labute approximate surface area is 267 Å². The third-order valence-electron chi connectivity index (χ3n) is 8.07. The van der Waals surface area contributed by atoms with Crippen LogP contribution in [0.1, 0.15) is 158 Å². The Kier molecular flexibility index (Phi) is 12.2. The predicted molar refractivity (Wildman–Crippen MR) is 181 cm³/mol. The van der Waals surface area contributed by atoms with Crippen molar-refractivity contribution >= 4 is 29.0 Å². The van der Waals surface area contributed by atoms with Gasteiger partial charge >= 0.3 is 17.1 Å². The molecule has 220 valence electrons. The molecule has 3 rings (SSSR count). The van der Waals surface area contributed by atoms with Crippen LogP contribution < -0.4 is 0 Å². The monoisotopic (exact) mass is 620 g/mol. The smallest absolute Gasteiger partial charge is 0.428 e. The van der Waals surface area contributed by atoms with Crippen LogP contribution in [-0.4, -0.2) is 4.20 Å². The minimum absolute atomic E-state index is 0. The SMILES string of the molecule is CC(C)c1cc(C(C)C)c(-c2cccc(-c3c(C(C)C)cc(C(C)C)cc3C(C)C)c2C(=S)[S-])c(C(C)C)c1.[Cu+]. The Balaban J connectivity index is 0.00000560. The molecule has 3 heteroatoms. The summed E-state index contributed by atoms with van der Waals surface area (Å²) in [6, 6.07) is 16.4. The fraction of sp³-hybridized carbons (Fsp3) is 0.486. The van der Waals surface area contributed by atoms with Gasteiger partial charge in [0.2, 0.25) is 0 Å². The van der Waals surface area contributed by atoms with Crippen molar-refractivity contribution in [2.75, 3.05) is 0 Å². The van der Waals surface area contributed by atoms with Crippen LogP contribution in [-0.2, 0) is 29.7 Å². The first-order valence-electron chi connectivity index (χ1n) is 14.9. The molecule has 0 nitrogen and oxygen atoms in total. The number of benzene rings is 3. The van der Waals surface area contributed by atoms with E-state index in [4.69, 9.17) is 24.8 Å². The largest absolute Gasteiger partial charge is 1.00 e. The minimum Gasteiger partial charge on any atom is -0.428 e. The molecule has 0 saturated carbocycles. The van der Waals surface area contributed by atoms with Crippen molar-refractivity contribution in [1.82, 2.24) is 0 Å². The number of hydrogen-bond acceptors (Lipinski definition) is 2. The zero-order valence-corrected chi connectivity index (χ0v) is 29.2. The summed E-state index contributed by atoms with van der Waals surface area (Å²) in [5.41, 5.74) is 14.4. The summed E-state index contributed by atoms with van der Waals surface area (Å²) in [5.74, 6) is 2.48. The summed E-state index contributed by atoms with van der Waals surface area (Å²) in [4.78, 5) is 0. The van der Waals surface area contributed by atoms with E-state index >= 15 is 0 Å². The summed E-state index contributed by atoms with van der Waals surface area (Å²) in [6.07, 6.45) is 0. The molecule has 0 saturated heterocycles. The summed E-state index contributed by atoms with van der Waals surface area (Å²) in [7, 11) is 0. The first kappa shape index (κ1) is 34.7. The van der Waals surface area contributed by atoms with Gasteiger partial charge in [-0.1, -0.05) is 126 Å². The van der Waals surface area contributed by atoms with Crippen LogP contribution in [0.3, 0.4) is 0 Å². The van der Waals surface area contributed by atoms with Gasteiger partial charge in [-0.15, -0.1) is 4.20 Å². The molecule has 0 fully saturated rings. The summed E-state index contributed by atoms with van der Waals surface area (Å²) in [6.45, 7) is 27.6. The van der Waals surface area contributed by atoms with Gasteiger partial charge in [0, 0.05) is 0 Å².